The highest BCUT2D eigenvalue weighted by atomic mass is 16.3. The van der Waals surface area contributed by atoms with Crippen molar-refractivity contribution >= 4 is 5.78 Å². The summed E-state index contributed by atoms with van der Waals surface area (Å²) < 4.78 is 0. The van der Waals surface area contributed by atoms with E-state index < -0.39 is 28.5 Å². The second kappa shape index (κ2) is 4.33. The van der Waals surface area contributed by atoms with Gasteiger partial charge in [0.25, 0.3) is 5.56 Å². The van der Waals surface area contributed by atoms with Crippen LogP contribution < -0.4 is 11.2 Å². The molecule has 0 saturated carbocycles. The highest BCUT2D eigenvalue weighted by molar-refractivity contribution is 6.09. The Hall–Kier alpha value is -2.63. The Morgan fingerprint density at radius 1 is 1.11 bits per heavy atom. The van der Waals surface area contributed by atoms with Crippen molar-refractivity contribution in [1.29, 1.82) is 0 Å². The monoisotopic (exact) mass is 246 g/mol. The van der Waals surface area contributed by atoms with E-state index >= 15 is 0 Å². The van der Waals surface area contributed by atoms with Gasteiger partial charge in [-0.3, -0.25) is 14.6 Å². The van der Waals surface area contributed by atoms with Crippen molar-refractivity contribution in [3.63, 3.8) is 0 Å². The summed E-state index contributed by atoms with van der Waals surface area (Å²) in [6.07, 6.45) is 0. The summed E-state index contributed by atoms with van der Waals surface area (Å²) in [6.45, 7) is 1.86. The van der Waals surface area contributed by atoms with Crippen molar-refractivity contribution in [1.82, 2.24) is 9.97 Å². The predicted molar refractivity (Wildman–Crippen MR) is 64.0 cm³/mol. The average Bonchev–Trinajstić information content (AvgIpc) is 2.34. The number of H-pyrrole nitrogens is 2. The molecule has 0 aliphatic rings. The minimum absolute atomic E-state index is 0.275. The van der Waals surface area contributed by atoms with Gasteiger partial charge in [0.2, 0.25) is 11.5 Å². The molecule has 6 heteroatoms. The van der Waals surface area contributed by atoms with E-state index in [0.717, 1.165) is 5.56 Å². The fourth-order valence-electron chi connectivity index (χ4n) is 1.49. The summed E-state index contributed by atoms with van der Waals surface area (Å²) in [5.74, 6) is -1.41. The Morgan fingerprint density at radius 3 is 2.33 bits per heavy atom. The molecule has 0 radical (unpaired) electrons. The minimum Gasteiger partial charge on any atom is -0.501 e. The van der Waals surface area contributed by atoms with E-state index in [1.165, 1.54) is 0 Å². The molecule has 18 heavy (non-hydrogen) atoms. The molecular formula is C12H10N2O4. The van der Waals surface area contributed by atoms with Crippen molar-refractivity contribution in [3.05, 3.63) is 61.9 Å². The normalized spacial score (nSPS) is 10.3. The Labute approximate surface area is 101 Å². The Bertz CT molecular complexity index is 710. The number of ketones is 1. The number of carbonyl (C=O) groups excluding carboxylic acids is 1. The van der Waals surface area contributed by atoms with E-state index in [4.69, 9.17) is 0 Å². The van der Waals surface area contributed by atoms with E-state index in [1.54, 1.807) is 24.3 Å². The van der Waals surface area contributed by atoms with Crippen molar-refractivity contribution < 1.29 is 9.90 Å². The largest absolute Gasteiger partial charge is 0.501 e. The highest BCUT2D eigenvalue weighted by Gasteiger charge is 2.17. The first-order chi connectivity index (χ1) is 8.49. The maximum atomic E-state index is 12.0. The lowest BCUT2D eigenvalue weighted by Crippen LogP contribution is -2.25. The number of hydrogen-bond acceptors (Lipinski definition) is 4. The van der Waals surface area contributed by atoms with Crippen LogP contribution in [0.5, 0.6) is 5.75 Å². The van der Waals surface area contributed by atoms with Crippen molar-refractivity contribution in [3.8, 4) is 5.75 Å². The molecule has 0 saturated heterocycles. The third-order valence-corrected chi connectivity index (χ3v) is 2.46. The van der Waals surface area contributed by atoms with Gasteiger partial charge in [0.1, 0.15) is 5.69 Å². The number of aryl methyl sites for hydroxylation is 1. The fraction of sp³-hybridized carbons (Fsp3) is 0.0833. The molecule has 0 fully saturated rings. The van der Waals surface area contributed by atoms with Crippen LogP contribution in [0, 0.1) is 6.92 Å². The maximum Gasteiger partial charge on any atom is 0.326 e. The quantitative estimate of drug-likeness (QED) is 0.663. The molecule has 1 aromatic heterocycles. The molecule has 6 nitrogen and oxygen atoms in total. The van der Waals surface area contributed by atoms with Crippen LogP contribution in [-0.4, -0.2) is 20.9 Å². The zero-order valence-electron chi connectivity index (χ0n) is 9.48. The summed E-state index contributed by atoms with van der Waals surface area (Å²) in [5, 5.41) is 9.47. The molecule has 1 aromatic carbocycles. The van der Waals surface area contributed by atoms with Gasteiger partial charge in [0, 0.05) is 5.56 Å². The molecule has 2 rings (SSSR count). The second-order valence-electron chi connectivity index (χ2n) is 3.83. The Kier molecular flexibility index (Phi) is 2.85. The first-order valence-corrected chi connectivity index (χ1v) is 5.16. The molecule has 0 bridgehead atoms. The van der Waals surface area contributed by atoms with E-state index in [2.05, 4.69) is 4.98 Å². The lowest BCUT2D eigenvalue weighted by atomic mass is 10.1. The molecule has 0 aliphatic carbocycles. The molecule has 0 aliphatic heterocycles. The molecule has 0 amide bonds. The van der Waals surface area contributed by atoms with Gasteiger partial charge in [0.05, 0.1) is 0 Å². The first-order valence-electron chi connectivity index (χ1n) is 5.16. The zero-order chi connectivity index (χ0) is 13.3. The van der Waals surface area contributed by atoms with Gasteiger partial charge >= 0.3 is 5.69 Å². The smallest absolute Gasteiger partial charge is 0.326 e. The summed E-state index contributed by atoms with van der Waals surface area (Å²) >= 11 is 0. The maximum absolute atomic E-state index is 12.0. The summed E-state index contributed by atoms with van der Waals surface area (Å²) in [4.78, 5) is 38.2. The third kappa shape index (κ3) is 2.08. The fourth-order valence-corrected chi connectivity index (χ4v) is 1.49. The van der Waals surface area contributed by atoms with Crippen LogP contribution in [0.15, 0.2) is 33.9 Å². The molecule has 0 unspecified atom stereocenters. The number of aromatic hydroxyl groups is 1. The highest BCUT2D eigenvalue weighted by Crippen LogP contribution is 2.13. The zero-order valence-corrected chi connectivity index (χ0v) is 9.48. The van der Waals surface area contributed by atoms with Crippen LogP contribution in [0.3, 0.4) is 0 Å². The van der Waals surface area contributed by atoms with Gasteiger partial charge in [-0.05, 0) is 6.92 Å². The number of hydrogen-bond donors (Lipinski definition) is 3. The van der Waals surface area contributed by atoms with E-state index in [-0.39, 0.29) is 5.56 Å². The van der Waals surface area contributed by atoms with E-state index in [9.17, 15) is 19.5 Å². The Balaban J connectivity index is 2.56. The molecular weight excluding hydrogens is 236 g/mol. The number of benzene rings is 1. The Morgan fingerprint density at radius 2 is 1.72 bits per heavy atom. The lowest BCUT2D eigenvalue weighted by Gasteiger charge is -2.03. The van der Waals surface area contributed by atoms with Crippen LogP contribution in [0.4, 0.5) is 0 Å². The van der Waals surface area contributed by atoms with Gasteiger partial charge in [-0.25, -0.2) is 4.79 Å². The molecule has 0 spiro atoms. The standard InChI is InChI=1S/C12H10N2O4/c1-6-2-4-7(5-3-6)9(15)8-10(16)11(17)14-12(18)13-8/h2-5,16H,1H3,(H2,13,14,17,18). The first kappa shape index (κ1) is 11.8. The van der Waals surface area contributed by atoms with E-state index in [1.807, 2.05) is 11.9 Å². The van der Waals surface area contributed by atoms with Crippen LogP contribution in [-0.2, 0) is 0 Å². The number of rotatable bonds is 2. The number of aromatic nitrogens is 2. The summed E-state index contributed by atoms with van der Waals surface area (Å²) in [5.41, 5.74) is -0.998. The number of carbonyl (C=O) groups is 1. The van der Waals surface area contributed by atoms with Crippen LogP contribution >= 0.6 is 0 Å². The molecule has 2 aromatic rings. The van der Waals surface area contributed by atoms with E-state index in [0.29, 0.717) is 0 Å². The molecule has 3 N–H and O–H groups in total. The number of aromatic amines is 2. The van der Waals surface area contributed by atoms with Gasteiger partial charge in [-0.15, -0.1) is 0 Å². The minimum atomic E-state index is -0.991. The number of nitrogens with one attached hydrogen (secondary N) is 2. The van der Waals surface area contributed by atoms with Gasteiger partial charge < -0.3 is 10.1 Å². The van der Waals surface area contributed by atoms with Crippen LogP contribution in [0.2, 0.25) is 0 Å². The van der Waals surface area contributed by atoms with Gasteiger partial charge in [-0.1, -0.05) is 29.8 Å². The lowest BCUT2D eigenvalue weighted by molar-refractivity contribution is 0.103. The van der Waals surface area contributed by atoms with Crippen molar-refractivity contribution in [2.24, 2.45) is 0 Å². The van der Waals surface area contributed by atoms with Crippen LogP contribution in [0.25, 0.3) is 0 Å². The topological polar surface area (TPSA) is 103 Å². The summed E-state index contributed by atoms with van der Waals surface area (Å²) in [6, 6.07) is 6.54. The average molecular weight is 246 g/mol. The van der Waals surface area contributed by atoms with Gasteiger partial charge in [0.15, 0.2) is 0 Å². The molecule has 1 heterocycles. The third-order valence-electron chi connectivity index (χ3n) is 2.46. The molecule has 0 atom stereocenters. The van der Waals surface area contributed by atoms with Crippen LogP contribution in [0.1, 0.15) is 21.6 Å². The SMILES string of the molecule is Cc1ccc(C(=O)c2[nH]c(=O)[nH]c(=O)c2O)cc1. The second-order valence-corrected chi connectivity index (χ2v) is 3.83. The summed E-state index contributed by atoms with van der Waals surface area (Å²) in [7, 11) is 0. The molecule has 92 valence electrons. The predicted octanol–water partition coefficient (Wildman–Crippen LogP) is 0.308. The van der Waals surface area contributed by atoms with Crippen molar-refractivity contribution in [2.45, 2.75) is 6.92 Å². The van der Waals surface area contributed by atoms with Crippen molar-refractivity contribution in [2.75, 3.05) is 0 Å². The van der Waals surface area contributed by atoms with Gasteiger partial charge in [-0.2, -0.15) is 0 Å².